The molecule has 1 atom stereocenters. The van der Waals surface area contributed by atoms with Crippen LogP contribution in [-0.4, -0.2) is 26.7 Å². The van der Waals surface area contributed by atoms with E-state index >= 15 is 0 Å². The van der Waals surface area contributed by atoms with Crippen molar-refractivity contribution in [1.29, 1.82) is 0 Å². The quantitative estimate of drug-likeness (QED) is 0.616. The number of rotatable bonds is 5. The molecule has 0 spiro atoms. The average molecular weight is 295 g/mol. The summed E-state index contributed by atoms with van der Waals surface area (Å²) < 4.78 is 40.4. The van der Waals surface area contributed by atoms with Crippen molar-refractivity contribution in [2.24, 2.45) is 0 Å². The molecule has 0 radical (unpaired) electrons. The summed E-state index contributed by atoms with van der Waals surface area (Å²) in [6.45, 7) is 1.65. The molecule has 1 aromatic rings. The Balaban J connectivity index is 3.12. The largest absolute Gasteiger partial charge is 0.465 e. The Morgan fingerprint density at radius 2 is 2.06 bits per heavy atom. The zero-order valence-corrected chi connectivity index (χ0v) is 11.2. The number of benzene rings is 1. The van der Waals surface area contributed by atoms with Gasteiger partial charge in [0.05, 0.1) is 18.3 Å². The SMILES string of the molecule is CCOC(=O)C(CS(=O)(=O)Cl)c1ccccc1F. The van der Waals surface area contributed by atoms with Crippen molar-refractivity contribution in [2.75, 3.05) is 12.4 Å². The first-order valence-corrected chi connectivity index (χ1v) is 7.66. The number of halogens is 2. The van der Waals surface area contributed by atoms with E-state index < -0.39 is 32.5 Å². The molecule has 0 aromatic heterocycles. The van der Waals surface area contributed by atoms with Gasteiger partial charge in [-0.3, -0.25) is 4.79 Å². The van der Waals surface area contributed by atoms with Crippen molar-refractivity contribution in [2.45, 2.75) is 12.8 Å². The van der Waals surface area contributed by atoms with Gasteiger partial charge >= 0.3 is 5.97 Å². The molecule has 18 heavy (non-hydrogen) atoms. The first kappa shape index (κ1) is 14.9. The first-order valence-electron chi connectivity index (χ1n) is 5.18. The van der Waals surface area contributed by atoms with Crippen molar-refractivity contribution >= 4 is 25.7 Å². The highest BCUT2D eigenvalue weighted by Gasteiger charge is 2.29. The van der Waals surface area contributed by atoms with Gasteiger partial charge in [0.15, 0.2) is 0 Å². The molecule has 7 heteroatoms. The summed E-state index contributed by atoms with van der Waals surface area (Å²) >= 11 is 0. The third-order valence-corrected chi connectivity index (χ3v) is 3.33. The minimum Gasteiger partial charge on any atom is -0.465 e. The fourth-order valence-electron chi connectivity index (χ4n) is 1.48. The van der Waals surface area contributed by atoms with Gasteiger partial charge in [0.2, 0.25) is 9.05 Å². The third-order valence-electron chi connectivity index (χ3n) is 2.22. The van der Waals surface area contributed by atoms with Crippen LogP contribution in [0.2, 0.25) is 0 Å². The number of ether oxygens (including phenoxy) is 1. The standard InChI is InChI=1S/C11H12ClFO4S/c1-2-17-11(14)9(7-18(12,15)16)8-5-3-4-6-10(8)13/h3-6,9H,2,7H2,1H3. The van der Waals surface area contributed by atoms with Crippen molar-refractivity contribution in [3.63, 3.8) is 0 Å². The molecular formula is C11H12ClFO4S. The van der Waals surface area contributed by atoms with E-state index in [1.165, 1.54) is 18.2 Å². The first-order chi connectivity index (χ1) is 8.35. The summed E-state index contributed by atoms with van der Waals surface area (Å²) in [5.74, 6) is -3.44. The normalized spacial score (nSPS) is 13.1. The van der Waals surface area contributed by atoms with Gasteiger partial charge < -0.3 is 4.74 Å². The number of esters is 1. The minimum absolute atomic E-state index is 0.0415. The molecule has 0 aliphatic rings. The average Bonchev–Trinajstić information content (AvgIpc) is 2.26. The maximum atomic E-state index is 13.6. The van der Waals surface area contributed by atoms with E-state index in [1.807, 2.05) is 0 Å². The van der Waals surface area contributed by atoms with Crippen LogP contribution in [-0.2, 0) is 18.6 Å². The van der Waals surface area contributed by atoms with E-state index in [-0.39, 0.29) is 12.2 Å². The number of hydrogen-bond acceptors (Lipinski definition) is 4. The van der Waals surface area contributed by atoms with Crippen LogP contribution in [0.1, 0.15) is 18.4 Å². The second kappa shape index (κ2) is 6.15. The van der Waals surface area contributed by atoms with Gasteiger partial charge in [-0.1, -0.05) is 18.2 Å². The van der Waals surface area contributed by atoms with Crippen LogP contribution >= 0.6 is 10.7 Å². The molecule has 1 unspecified atom stereocenters. The molecule has 4 nitrogen and oxygen atoms in total. The Labute approximate surface area is 109 Å². The Hall–Kier alpha value is -1.14. The molecule has 0 N–H and O–H groups in total. The van der Waals surface area contributed by atoms with E-state index in [0.717, 1.165) is 6.07 Å². The Morgan fingerprint density at radius 1 is 1.44 bits per heavy atom. The van der Waals surface area contributed by atoms with E-state index in [4.69, 9.17) is 15.4 Å². The smallest absolute Gasteiger partial charge is 0.314 e. The molecule has 0 fully saturated rings. The predicted octanol–water partition coefficient (Wildman–Crippen LogP) is 2.04. The van der Waals surface area contributed by atoms with Gasteiger partial charge in [0.1, 0.15) is 5.82 Å². The van der Waals surface area contributed by atoms with Crippen molar-refractivity contribution < 1.29 is 22.3 Å². The van der Waals surface area contributed by atoms with E-state index in [1.54, 1.807) is 6.92 Å². The summed E-state index contributed by atoms with van der Waals surface area (Å²) in [4.78, 5) is 11.7. The fraction of sp³-hybridized carbons (Fsp3) is 0.364. The van der Waals surface area contributed by atoms with Crippen LogP contribution in [0.3, 0.4) is 0 Å². The van der Waals surface area contributed by atoms with E-state index in [9.17, 15) is 17.6 Å². The second-order valence-corrected chi connectivity index (χ2v) is 6.35. The van der Waals surface area contributed by atoms with Crippen LogP contribution < -0.4 is 0 Å². The summed E-state index contributed by atoms with van der Waals surface area (Å²) in [6, 6.07) is 5.42. The predicted molar refractivity (Wildman–Crippen MR) is 65.4 cm³/mol. The van der Waals surface area contributed by atoms with Crippen molar-refractivity contribution in [3.8, 4) is 0 Å². The highest BCUT2D eigenvalue weighted by Crippen LogP contribution is 2.23. The lowest BCUT2D eigenvalue weighted by atomic mass is 10.0. The number of carbonyl (C=O) groups is 1. The third kappa shape index (κ3) is 4.27. The minimum atomic E-state index is -3.95. The van der Waals surface area contributed by atoms with Crippen LogP contribution in [0.5, 0.6) is 0 Å². The molecule has 100 valence electrons. The molecule has 1 aromatic carbocycles. The van der Waals surface area contributed by atoms with E-state index in [2.05, 4.69) is 0 Å². The summed E-state index contributed by atoms with van der Waals surface area (Å²) in [7, 11) is 1.17. The molecule has 0 aliphatic heterocycles. The molecule has 0 saturated heterocycles. The van der Waals surface area contributed by atoms with Gasteiger partial charge in [-0.2, -0.15) is 0 Å². The lowest BCUT2D eigenvalue weighted by Crippen LogP contribution is -2.23. The van der Waals surface area contributed by atoms with Crippen LogP contribution in [0.25, 0.3) is 0 Å². The summed E-state index contributed by atoms with van der Waals surface area (Å²) in [5, 5.41) is 0. The molecule has 0 bridgehead atoms. The van der Waals surface area contributed by atoms with Gasteiger partial charge in [0.25, 0.3) is 0 Å². The van der Waals surface area contributed by atoms with E-state index in [0.29, 0.717) is 0 Å². The number of carbonyl (C=O) groups excluding carboxylic acids is 1. The Kier molecular flexibility index (Phi) is 5.10. The topological polar surface area (TPSA) is 60.4 Å². The summed E-state index contributed by atoms with van der Waals surface area (Å²) in [6.07, 6.45) is 0. The Morgan fingerprint density at radius 3 is 2.56 bits per heavy atom. The van der Waals surface area contributed by atoms with Gasteiger partial charge in [0, 0.05) is 16.2 Å². The van der Waals surface area contributed by atoms with Crippen LogP contribution in [0, 0.1) is 5.82 Å². The molecule has 0 aliphatic carbocycles. The van der Waals surface area contributed by atoms with Gasteiger partial charge in [-0.15, -0.1) is 0 Å². The van der Waals surface area contributed by atoms with Crippen molar-refractivity contribution in [1.82, 2.24) is 0 Å². The van der Waals surface area contributed by atoms with Crippen LogP contribution in [0.15, 0.2) is 24.3 Å². The van der Waals surface area contributed by atoms with Gasteiger partial charge in [-0.25, -0.2) is 12.8 Å². The maximum absolute atomic E-state index is 13.6. The monoisotopic (exact) mass is 294 g/mol. The lowest BCUT2D eigenvalue weighted by molar-refractivity contribution is -0.144. The molecule has 0 saturated carbocycles. The zero-order chi connectivity index (χ0) is 13.8. The second-order valence-electron chi connectivity index (χ2n) is 3.53. The maximum Gasteiger partial charge on any atom is 0.314 e. The van der Waals surface area contributed by atoms with Crippen LogP contribution in [0.4, 0.5) is 4.39 Å². The molecule has 0 amide bonds. The fourth-order valence-corrected chi connectivity index (χ4v) is 2.58. The highest BCUT2D eigenvalue weighted by molar-refractivity contribution is 8.13. The zero-order valence-electron chi connectivity index (χ0n) is 9.60. The molecule has 0 heterocycles. The molecule has 1 rings (SSSR count). The van der Waals surface area contributed by atoms with Gasteiger partial charge in [-0.05, 0) is 13.0 Å². The summed E-state index contributed by atoms with van der Waals surface area (Å²) in [5.41, 5.74) is -0.0415. The lowest BCUT2D eigenvalue weighted by Gasteiger charge is -2.14. The Bertz CT molecular complexity index is 530. The molecular weight excluding hydrogens is 283 g/mol. The van der Waals surface area contributed by atoms with Crippen molar-refractivity contribution in [3.05, 3.63) is 35.6 Å². The highest BCUT2D eigenvalue weighted by atomic mass is 35.7. The number of hydrogen-bond donors (Lipinski definition) is 0.